The van der Waals surface area contributed by atoms with Crippen LogP contribution < -0.4 is 11.0 Å². The van der Waals surface area contributed by atoms with Gasteiger partial charge in [-0.15, -0.1) is 11.8 Å². The second-order valence-electron chi connectivity index (χ2n) is 5.91. The van der Waals surface area contributed by atoms with Crippen molar-refractivity contribution < 1.29 is 14.6 Å². The summed E-state index contributed by atoms with van der Waals surface area (Å²) in [5.74, 6) is 0.297. The van der Waals surface area contributed by atoms with Gasteiger partial charge in [0.25, 0.3) is 5.91 Å². The van der Waals surface area contributed by atoms with Crippen molar-refractivity contribution in [3.8, 4) is 0 Å². The molecule has 1 aliphatic rings. The van der Waals surface area contributed by atoms with Crippen molar-refractivity contribution >= 4 is 34.4 Å². The van der Waals surface area contributed by atoms with E-state index in [2.05, 4.69) is 15.3 Å². The Kier molecular flexibility index (Phi) is 4.88. The van der Waals surface area contributed by atoms with Crippen molar-refractivity contribution in [2.75, 3.05) is 17.7 Å². The molecule has 0 radical (unpaired) electrons. The molecule has 1 aliphatic heterocycles. The molecule has 1 saturated heterocycles. The van der Waals surface area contributed by atoms with E-state index in [1.807, 2.05) is 24.3 Å². The highest BCUT2D eigenvalue weighted by molar-refractivity contribution is 8.00. The molecular formula is C18H16N4O4S. The van der Waals surface area contributed by atoms with Gasteiger partial charge in [0.2, 0.25) is 0 Å². The maximum Gasteiger partial charge on any atom is 0.351 e. The van der Waals surface area contributed by atoms with Crippen LogP contribution in [0.4, 0.5) is 5.82 Å². The number of anilines is 1. The highest BCUT2D eigenvalue weighted by atomic mass is 32.2. The molecule has 0 aliphatic carbocycles. The summed E-state index contributed by atoms with van der Waals surface area (Å²) < 4.78 is 6.89. The molecule has 0 unspecified atom stereocenters. The lowest BCUT2D eigenvalue weighted by atomic mass is 10.1. The standard InChI is InChI=1S/C18H16N4O4S/c23-9-16-26-15(10-27-16)22-6-5-14(21-18(22)25)20-17(24)12-7-11-3-1-2-4-13(11)19-8-12/h1-8,15-16,23H,9-10H2,(H,20,21,24,25)/t15-,16+/m0/s1. The average molecular weight is 384 g/mol. The van der Waals surface area contributed by atoms with Crippen molar-refractivity contribution in [2.24, 2.45) is 0 Å². The zero-order valence-electron chi connectivity index (χ0n) is 14.1. The van der Waals surface area contributed by atoms with E-state index in [1.54, 1.807) is 6.07 Å². The summed E-state index contributed by atoms with van der Waals surface area (Å²) in [5.41, 5.74) is 0.293. The molecule has 8 nitrogen and oxygen atoms in total. The summed E-state index contributed by atoms with van der Waals surface area (Å²) in [4.78, 5) is 32.8. The van der Waals surface area contributed by atoms with E-state index < -0.39 is 17.8 Å². The third kappa shape index (κ3) is 3.70. The first kappa shape index (κ1) is 17.7. The maximum atomic E-state index is 12.4. The highest BCUT2D eigenvalue weighted by Gasteiger charge is 2.27. The number of hydrogen-bond donors (Lipinski definition) is 2. The first-order valence-electron chi connectivity index (χ1n) is 8.27. The summed E-state index contributed by atoms with van der Waals surface area (Å²) in [6.07, 6.45) is 2.52. The summed E-state index contributed by atoms with van der Waals surface area (Å²) in [7, 11) is 0. The number of fused-ring (bicyclic) bond motifs is 1. The van der Waals surface area contributed by atoms with Gasteiger partial charge in [-0.1, -0.05) is 18.2 Å². The van der Waals surface area contributed by atoms with Gasteiger partial charge in [0.15, 0.2) is 0 Å². The number of carbonyl (C=O) groups is 1. The molecule has 2 N–H and O–H groups in total. The fourth-order valence-electron chi connectivity index (χ4n) is 2.77. The molecule has 1 aromatic carbocycles. The van der Waals surface area contributed by atoms with Gasteiger partial charge in [-0.25, -0.2) is 4.79 Å². The number of aliphatic hydroxyl groups excluding tert-OH is 1. The van der Waals surface area contributed by atoms with Crippen molar-refractivity contribution in [1.82, 2.24) is 14.5 Å². The second-order valence-corrected chi connectivity index (χ2v) is 7.10. The van der Waals surface area contributed by atoms with Crippen LogP contribution in [0, 0.1) is 0 Å². The van der Waals surface area contributed by atoms with Gasteiger partial charge in [-0.2, -0.15) is 4.98 Å². The number of hydrogen-bond acceptors (Lipinski definition) is 7. The minimum atomic E-state index is -0.534. The number of carbonyl (C=O) groups excluding carboxylic acids is 1. The number of rotatable bonds is 4. The monoisotopic (exact) mass is 384 g/mol. The lowest BCUT2D eigenvalue weighted by Crippen LogP contribution is -2.29. The number of aromatic nitrogens is 3. The Morgan fingerprint density at radius 1 is 1.37 bits per heavy atom. The van der Waals surface area contributed by atoms with E-state index in [0.29, 0.717) is 11.3 Å². The van der Waals surface area contributed by atoms with Gasteiger partial charge in [0, 0.05) is 23.5 Å². The number of benzene rings is 1. The summed E-state index contributed by atoms with van der Waals surface area (Å²) in [6, 6.07) is 10.8. The van der Waals surface area contributed by atoms with Gasteiger partial charge in [0.1, 0.15) is 17.5 Å². The first-order chi connectivity index (χ1) is 13.1. The molecule has 27 heavy (non-hydrogen) atoms. The average Bonchev–Trinajstić information content (AvgIpc) is 3.16. The quantitative estimate of drug-likeness (QED) is 0.704. The van der Waals surface area contributed by atoms with E-state index >= 15 is 0 Å². The Hall–Kier alpha value is -2.75. The maximum absolute atomic E-state index is 12.4. The summed E-state index contributed by atoms with van der Waals surface area (Å²) >= 11 is 1.43. The number of nitrogens with one attached hydrogen (secondary N) is 1. The molecule has 3 heterocycles. The minimum absolute atomic E-state index is 0.114. The predicted octanol–water partition coefficient (Wildman–Crippen LogP) is 1.62. The van der Waals surface area contributed by atoms with Gasteiger partial charge in [-0.05, 0) is 18.2 Å². The molecule has 9 heteroatoms. The third-order valence-corrected chi connectivity index (χ3v) is 5.23. The van der Waals surface area contributed by atoms with Crippen molar-refractivity contribution in [1.29, 1.82) is 0 Å². The van der Waals surface area contributed by atoms with Crippen LogP contribution in [0.2, 0.25) is 0 Å². The number of amides is 1. The van der Waals surface area contributed by atoms with Crippen molar-refractivity contribution in [2.45, 2.75) is 11.7 Å². The lowest BCUT2D eigenvalue weighted by Gasteiger charge is -2.14. The van der Waals surface area contributed by atoms with Crippen LogP contribution >= 0.6 is 11.8 Å². The van der Waals surface area contributed by atoms with Crippen LogP contribution in [0.25, 0.3) is 10.9 Å². The molecule has 0 bridgehead atoms. The molecule has 138 valence electrons. The van der Waals surface area contributed by atoms with Crippen LogP contribution in [0.1, 0.15) is 16.6 Å². The Morgan fingerprint density at radius 2 is 2.22 bits per heavy atom. The number of ether oxygens (including phenoxy) is 1. The Morgan fingerprint density at radius 3 is 3.00 bits per heavy atom. The fraction of sp³-hybridized carbons (Fsp3) is 0.222. The molecule has 0 spiro atoms. The Bertz CT molecular complexity index is 1050. The first-order valence-corrected chi connectivity index (χ1v) is 9.32. The van der Waals surface area contributed by atoms with Crippen LogP contribution in [-0.4, -0.2) is 43.3 Å². The molecule has 0 saturated carbocycles. The molecule has 1 fully saturated rings. The number of aliphatic hydroxyl groups is 1. The fourth-order valence-corrected chi connectivity index (χ4v) is 3.70. The molecule has 1 amide bonds. The van der Waals surface area contributed by atoms with Gasteiger partial charge < -0.3 is 15.2 Å². The number of thioether (sulfide) groups is 1. The molecule has 3 aromatic rings. The van der Waals surface area contributed by atoms with E-state index in [1.165, 1.54) is 34.8 Å². The molecule has 2 atom stereocenters. The summed E-state index contributed by atoms with van der Waals surface area (Å²) in [5, 5.41) is 12.6. The largest absolute Gasteiger partial charge is 0.393 e. The Labute approximate surface area is 158 Å². The van der Waals surface area contributed by atoms with E-state index in [9.17, 15) is 9.59 Å². The predicted molar refractivity (Wildman–Crippen MR) is 102 cm³/mol. The topological polar surface area (TPSA) is 106 Å². The zero-order chi connectivity index (χ0) is 18.8. The molecule has 2 aromatic heterocycles. The third-order valence-electron chi connectivity index (χ3n) is 4.12. The molecular weight excluding hydrogens is 368 g/mol. The minimum Gasteiger partial charge on any atom is -0.393 e. The van der Waals surface area contributed by atoms with Crippen LogP contribution in [-0.2, 0) is 4.74 Å². The van der Waals surface area contributed by atoms with Crippen LogP contribution in [0.3, 0.4) is 0 Å². The van der Waals surface area contributed by atoms with E-state index in [4.69, 9.17) is 9.84 Å². The second kappa shape index (κ2) is 7.47. The van der Waals surface area contributed by atoms with Crippen molar-refractivity contribution in [3.63, 3.8) is 0 Å². The molecule has 4 rings (SSSR count). The van der Waals surface area contributed by atoms with E-state index in [0.717, 1.165) is 10.9 Å². The normalized spacial score (nSPS) is 19.3. The number of para-hydroxylation sites is 1. The van der Waals surface area contributed by atoms with E-state index in [-0.39, 0.29) is 17.9 Å². The SMILES string of the molecule is O=C(Nc1ccn([C@@H]2CS[C@H](CO)O2)c(=O)n1)c1cnc2ccccc2c1. The zero-order valence-corrected chi connectivity index (χ0v) is 14.9. The van der Waals surface area contributed by atoms with Crippen LogP contribution in [0.15, 0.2) is 53.6 Å². The van der Waals surface area contributed by atoms with Gasteiger partial charge in [0.05, 0.1) is 17.7 Å². The Balaban J connectivity index is 1.51. The van der Waals surface area contributed by atoms with Crippen LogP contribution in [0.5, 0.6) is 0 Å². The summed E-state index contributed by atoms with van der Waals surface area (Å²) in [6.45, 7) is -0.114. The highest BCUT2D eigenvalue weighted by Crippen LogP contribution is 2.30. The van der Waals surface area contributed by atoms with Gasteiger partial charge >= 0.3 is 5.69 Å². The van der Waals surface area contributed by atoms with Gasteiger partial charge in [-0.3, -0.25) is 14.3 Å². The smallest absolute Gasteiger partial charge is 0.351 e. The number of nitrogens with zero attached hydrogens (tertiary/aromatic N) is 3. The number of pyridine rings is 1. The lowest BCUT2D eigenvalue weighted by molar-refractivity contribution is -0.00629. The van der Waals surface area contributed by atoms with Crippen molar-refractivity contribution in [3.05, 3.63) is 64.8 Å².